The molecular weight excluding hydrogens is 260 g/mol. The van der Waals surface area contributed by atoms with Crippen LogP contribution in [0.3, 0.4) is 0 Å². The standard InChI is InChI=1S/C15H15ClN2O/c1-11(10-12-2-4-14(16)5-3-12)18-15(19)13-6-8-17-9-7-13/h2-9,11H,10H2,1H3,(H,18,19)/t11-/m0/s1. The Hall–Kier alpha value is -1.87. The lowest BCUT2D eigenvalue weighted by atomic mass is 10.1. The highest BCUT2D eigenvalue weighted by Gasteiger charge is 2.09. The summed E-state index contributed by atoms with van der Waals surface area (Å²) in [6.45, 7) is 1.98. The maximum absolute atomic E-state index is 11.9. The van der Waals surface area contributed by atoms with Gasteiger partial charge in [0.05, 0.1) is 0 Å². The Morgan fingerprint density at radius 2 is 1.84 bits per heavy atom. The molecule has 3 nitrogen and oxygen atoms in total. The molecule has 0 aliphatic rings. The second-order valence-corrected chi connectivity index (χ2v) is 4.88. The van der Waals surface area contributed by atoms with Crippen molar-refractivity contribution >= 4 is 17.5 Å². The van der Waals surface area contributed by atoms with Gasteiger partial charge in [0, 0.05) is 29.0 Å². The van der Waals surface area contributed by atoms with Crippen molar-refractivity contribution in [2.75, 3.05) is 0 Å². The van der Waals surface area contributed by atoms with Gasteiger partial charge in [-0.05, 0) is 43.2 Å². The molecule has 0 saturated heterocycles. The van der Waals surface area contributed by atoms with Crippen molar-refractivity contribution in [2.24, 2.45) is 0 Å². The van der Waals surface area contributed by atoms with Crippen molar-refractivity contribution in [1.29, 1.82) is 0 Å². The van der Waals surface area contributed by atoms with E-state index < -0.39 is 0 Å². The van der Waals surface area contributed by atoms with Gasteiger partial charge in [0.15, 0.2) is 0 Å². The van der Waals surface area contributed by atoms with E-state index in [1.165, 1.54) is 0 Å². The molecular formula is C15H15ClN2O. The fraction of sp³-hybridized carbons (Fsp3) is 0.200. The molecule has 1 aromatic heterocycles. The lowest BCUT2D eigenvalue weighted by Gasteiger charge is -2.14. The van der Waals surface area contributed by atoms with Gasteiger partial charge in [0.2, 0.25) is 0 Å². The summed E-state index contributed by atoms with van der Waals surface area (Å²) in [6.07, 6.45) is 3.99. The topological polar surface area (TPSA) is 42.0 Å². The number of benzene rings is 1. The summed E-state index contributed by atoms with van der Waals surface area (Å²) in [4.78, 5) is 15.8. The number of nitrogens with one attached hydrogen (secondary N) is 1. The Balaban J connectivity index is 1.92. The zero-order chi connectivity index (χ0) is 13.7. The molecule has 19 heavy (non-hydrogen) atoms. The Kier molecular flexibility index (Phi) is 4.53. The average Bonchev–Trinajstić information content (AvgIpc) is 2.42. The SMILES string of the molecule is C[C@@H](Cc1ccc(Cl)cc1)NC(=O)c1ccncc1. The summed E-state index contributed by atoms with van der Waals surface area (Å²) in [5.41, 5.74) is 1.77. The number of aromatic nitrogens is 1. The summed E-state index contributed by atoms with van der Waals surface area (Å²) in [7, 11) is 0. The Labute approximate surface area is 117 Å². The van der Waals surface area contributed by atoms with Gasteiger partial charge in [-0.25, -0.2) is 0 Å². The Morgan fingerprint density at radius 1 is 1.21 bits per heavy atom. The monoisotopic (exact) mass is 274 g/mol. The molecule has 4 heteroatoms. The molecule has 2 aromatic rings. The first kappa shape index (κ1) is 13.6. The molecule has 1 N–H and O–H groups in total. The molecule has 1 heterocycles. The van der Waals surface area contributed by atoms with Crippen LogP contribution in [-0.4, -0.2) is 16.9 Å². The van der Waals surface area contributed by atoms with Gasteiger partial charge < -0.3 is 5.32 Å². The number of rotatable bonds is 4. The fourth-order valence-electron chi connectivity index (χ4n) is 1.84. The van der Waals surface area contributed by atoms with E-state index >= 15 is 0 Å². The minimum atomic E-state index is -0.0798. The number of halogens is 1. The molecule has 0 aliphatic carbocycles. The van der Waals surface area contributed by atoms with Crippen molar-refractivity contribution in [3.05, 3.63) is 64.9 Å². The fourth-order valence-corrected chi connectivity index (χ4v) is 1.96. The molecule has 1 amide bonds. The second kappa shape index (κ2) is 6.34. The summed E-state index contributed by atoms with van der Waals surface area (Å²) >= 11 is 5.84. The van der Waals surface area contributed by atoms with Gasteiger partial charge in [0.1, 0.15) is 0 Å². The molecule has 98 valence electrons. The first-order chi connectivity index (χ1) is 9.15. The van der Waals surface area contributed by atoms with Crippen LogP contribution in [0.2, 0.25) is 5.02 Å². The van der Waals surface area contributed by atoms with Crippen molar-refractivity contribution in [1.82, 2.24) is 10.3 Å². The first-order valence-electron chi connectivity index (χ1n) is 6.10. The molecule has 0 bridgehead atoms. The van der Waals surface area contributed by atoms with E-state index in [9.17, 15) is 4.79 Å². The van der Waals surface area contributed by atoms with E-state index in [-0.39, 0.29) is 11.9 Å². The number of hydrogen-bond acceptors (Lipinski definition) is 2. The van der Waals surface area contributed by atoms with Crippen molar-refractivity contribution in [2.45, 2.75) is 19.4 Å². The summed E-state index contributed by atoms with van der Waals surface area (Å²) in [5.74, 6) is -0.0798. The highest BCUT2D eigenvalue weighted by molar-refractivity contribution is 6.30. The molecule has 1 aromatic carbocycles. The number of hydrogen-bond donors (Lipinski definition) is 1. The van der Waals surface area contributed by atoms with E-state index in [1.807, 2.05) is 31.2 Å². The van der Waals surface area contributed by atoms with Gasteiger partial charge in [-0.3, -0.25) is 9.78 Å². The predicted molar refractivity (Wildman–Crippen MR) is 76.3 cm³/mol. The quantitative estimate of drug-likeness (QED) is 0.931. The van der Waals surface area contributed by atoms with Gasteiger partial charge >= 0.3 is 0 Å². The van der Waals surface area contributed by atoms with Gasteiger partial charge in [-0.15, -0.1) is 0 Å². The van der Waals surface area contributed by atoms with Crippen LogP contribution in [0.25, 0.3) is 0 Å². The minimum absolute atomic E-state index is 0.0573. The third-order valence-electron chi connectivity index (χ3n) is 2.78. The largest absolute Gasteiger partial charge is 0.349 e. The number of carbonyl (C=O) groups is 1. The van der Waals surface area contributed by atoms with Crippen LogP contribution in [0.15, 0.2) is 48.8 Å². The highest BCUT2D eigenvalue weighted by Crippen LogP contribution is 2.11. The smallest absolute Gasteiger partial charge is 0.251 e. The summed E-state index contributed by atoms with van der Waals surface area (Å²) in [6, 6.07) is 11.1. The van der Waals surface area contributed by atoms with Gasteiger partial charge in [-0.2, -0.15) is 0 Å². The van der Waals surface area contributed by atoms with Crippen molar-refractivity contribution in [3.8, 4) is 0 Å². The lowest BCUT2D eigenvalue weighted by Crippen LogP contribution is -2.34. The van der Waals surface area contributed by atoms with E-state index in [1.54, 1.807) is 24.5 Å². The summed E-state index contributed by atoms with van der Waals surface area (Å²) in [5, 5.41) is 3.68. The molecule has 0 saturated carbocycles. The predicted octanol–water partition coefficient (Wildman–Crippen LogP) is 3.10. The maximum Gasteiger partial charge on any atom is 0.251 e. The van der Waals surface area contributed by atoms with Gasteiger partial charge in [0.25, 0.3) is 5.91 Å². The van der Waals surface area contributed by atoms with Crippen LogP contribution in [0, 0.1) is 0 Å². The minimum Gasteiger partial charge on any atom is -0.349 e. The van der Waals surface area contributed by atoms with E-state index in [0.717, 1.165) is 17.0 Å². The number of pyridine rings is 1. The molecule has 0 fully saturated rings. The molecule has 0 aliphatic heterocycles. The molecule has 0 spiro atoms. The highest BCUT2D eigenvalue weighted by atomic mass is 35.5. The molecule has 0 unspecified atom stereocenters. The van der Waals surface area contributed by atoms with Crippen LogP contribution in [0.1, 0.15) is 22.8 Å². The second-order valence-electron chi connectivity index (χ2n) is 4.44. The van der Waals surface area contributed by atoms with E-state index in [4.69, 9.17) is 11.6 Å². The Bertz CT molecular complexity index is 540. The number of amides is 1. The summed E-state index contributed by atoms with van der Waals surface area (Å²) < 4.78 is 0. The number of nitrogens with zero attached hydrogens (tertiary/aromatic N) is 1. The maximum atomic E-state index is 11.9. The van der Waals surface area contributed by atoms with Crippen molar-refractivity contribution in [3.63, 3.8) is 0 Å². The number of carbonyl (C=O) groups excluding carboxylic acids is 1. The van der Waals surface area contributed by atoms with Crippen LogP contribution in [0.4, 0.5) is 0 Å². The van der Waals surface area contributed by atoms with Crippen molar-refractivity contribution < 1.29 is 4.79 Å². The first-order valence-corrected chi connectivity index (χ1v) is 6.48. The molecule has 0 radical (unpaired) electrons. The van der Waals surface area contributed by atoms with Crippen LogP contribution >= 0.6 is 11.6 Å². The third-order valence-corrected chi connectivity index (χ3v) is 3.03. The van der Waals surface area contributed by atoms with Crippen LogP contribution < -0.4 is 5.32 Å². The normalized spacial score (nSPS) is 11.9. The Morgan fingerprint density at radius 3 is 2.47 bits per heavy atom. The molecule has 2 rings (SSSR count). The van der Waals surface area contributed by atoms with E-state index in [2.05, 4.69) is 10.3 Å². The molecule has 1 atom stereocenters. The lowest BCUT2D eigenvalue weighted by molar-refractivity contribution is 0.0940. The van der Waals surface area contributed by atoms with Gasteiger partial charge in [-0.1, -0.05) is 23.7 Å². The zero-order valence-electron chi connectivity index (χ0n) is 10.6. The van der Waals surface area contributed by atoms with Crippen LogP contribution in [-0.2, 0) is 6.42 Å². The van der Waals surface area contributed by atoms with Crippen LogP contribution in [0.5, 0.6) is 0 Å². The average molecular weight is 275 g/mol. The third kappa shape index (κ3) is 4.07. The van der Waals surface area contributed by atoms with E-state index in [0.29, 0.717) is 5.56 Å². The zero-order valence-corrected chi connectivity index (χ0v) is 11.4.